The SMILES string of the molecule is COc1cc(C)cc(C)c1S(=O)(=O)N(C)C1CC(C(=O)O)C1. The highest BCUT2D eigenvalue weighted by Crippen LogP contribution is 2.37. The molecule has 0 spiro atoms. The van der Waals surface area contributed by atoms with E-state index in [1.165, 1.54) is 18.5 Å². The number of benzene rings is 1. The molecule has 1 aromatic carbocycles. The van der Waals surface area contributed by atoms with Crippen LogP contribution in [0.15, 0.2) is 17.0 Å². The summed E-state index contributed by atoms with van der Waals surface area (Å²) in [7, 11) is -0.785. The predicted octanol–water partition coefficient (Wildman–Crippen LogP) is 1.80. The molecule has 1 aliphatic carbocycles. The Hall–Kier alpha value is -1.60. The van der Waals surface area contributed by atoms with Gasteiger partial charge in [0.15, 0.2) is 0 Å². The molecular weight excluding hydrogens is 306 g/mol. The van der Waals surface area contributed by atoms with Gasteiger partial charge < -0.3 is 9.84 Å². The minimum absolute atomic E-state index is 0.155. The average Bonchev–Trinajstić information content (AvgIpc) is 2.34. The molecular formula is C15H21NO5S. The van der Waals surface area contributed by atoms with Crippen molar-refractivity contribution in [3.63, 3.8) is 0 Å². The molecule has 1 aliphatic rings. The van der Waals surface area contributed by atoms with Crippen LogP contribution in [0.3, 0.4) is 0 Å². The number of sulfonamides is 1. The molecule has 22 heavy (non-hydrogen) atoms. The van der Waals surface area contributed by atoms with Crippen molar-refractivity contribution in [2.45, 2.75) is 37.6 Å². The van der Waals surface area contributed by atoms with E-state index in [2.05, 4.69) is 0 Å². The number of hydrogen-bond acceptors (Lipinski definition) is 4. The Labute approximate surface area is 130 Å². The van der Waals surface area contributed by atoms with E-state index in [-0.39, 0.29) is 10.9 Å². The van der Waals surface area contributed by atoms with E-state index >= 15 is 0 Å². The number of carboxylic acids is 1. The van der Waals surface area contributed by atoms with Crippen LogP contribution in [-0.4, -0.2) is 44.0 Å². The molecule has 0 bridgehead atoms. The van der Waals surface area contributed by atoms with Gasteiger partial charge in [0.2, 0.25) is 10.0 Å². The molecule has 0 unspecified atom stereocenters. The molecule has 7 heteroatoms. The van der Waals surface area contributed by atoms with E-state index in [1.807, 2.05) is 6.92 Å². The third kappa shape index (κ3) is 2.83. The molecule has 1 N–H and O–H groups in total. The Balaban J connectivity index is 2.34. The number of ether oxygens (including phenoxy) is 1. The van der Waals surface area contributed by atoms with Gasteiger partial charge in [-0.05, 0) is 43.9 Å². The lowest BCUT2D eigenvalue weighted by molar-refractivity contribution is -0.146. The van der Waals surface area contributed by atoms with E-state index in [1.54, 1.807) is 19.1 Å². The molecule has 0 aliphatic heterocycles. The quantitative estimate of drug-likeness (QED) is 0.891. The fraction of sp³-hybridized carbons (Fsp3) is 0.533. The number of carbonyl (C=O) groups is 1. The summed E-state index contributed by atoms with van der Waals surface area (Å²) in [6.07, 6.45) is 0.691. The second-order valence-corrected chi connectivity index (χ2v) is 7.73. The number of carboxylic acid groups (broad SMARTS) is 1. The molecule has 0 aromatic heterocycles. The Morgan fingerprint density at radius 1 is 1.32 bits per heavy atom. The summed E-state index contributed by atoms with van der Waals surface area (Å²) >= 11 is 0. The highest BCUT2D eigenvalue weighted by atomic mass is 32.2. The topological polar surface area (TPSA) is 83.9 Å². The highest BCUT2D eigenvalue weighted by Gasteiger charge is 2.42. The van der Waals surface area contributed by atoms with Crippen molar-refractivity contribution in [3.8, 4) is 5.75 Å². The van der Waals surface area contributed by atoms with Gasteiger partial charge in [-0.3, -0.25) is 4.79 Å². The molecule has 6 nitrogen and oxygen atoms in total. The molecule has 0 amide bonds. The van der Waals surface area contributed by atoms with Crippen LogP contribution in [0.2, 0.25) is 0 Å². The van der Waals surface area contributed by atoms with Gasteiger partial charge in [0.25, 0.3) is 0 Å². The van der Waals surface area contributed by atoms with Crippen LogP contribution in [0.4, 0.5) is 0 Å². The van der Waals surface area contributed by atoms with Crippen molar-refractivity contribution in [1.29, 1.82) is 0 Å². The van der Waals surface area contributed by atoms with Crippen LogP contribution in [0.1, 0.15) is 24.0 Å². The van der Waals surface area contributed by atoms with Crippen molar-refractivity contribution in [2.24, 2.45) is 5.92 Å². The lowest BCUT2D eigenvalue weighted by Gasteiger charge is -2.38. The maximum Gasteiger partial charge on any atom is 0.306 e. The molecule has 0 heterocycles. The molecule has 2 rings (SSSR count). The summed E-state index contributed by atoms with van der Waals surface area (Å²) in [6, 6.07) is 3.20. The summed E-state index contributed by atoms with van der Waals surface area (Å²) in [4.78, 5) is 11.0. The molecule has 1 aromatic rings. The van der Waals surface area contributed by atoms with E-state index in [4.69, 9.17) is 9.84 Å². The van der Waals surface area contributed by atoms with Crippen LogP contribution in [0.5, 0.6) is 5.75 Å². The molecule has 0 radical (unpaired) electrons. The van der Waals surface area contributed by atoms with E-state index in [0.29, 0.717) is 24.2 Å². The maximum atomic E-state index is 12.9. The summed E-state index contributed by atoms with van der Waals surface area (Å²) < 4.78 is 32.2. The van der Waals surface area contributed by atoms with Crippen molar-refractivity contribution < 1.29 is 23.1 Å². The normalized spacial score (nSPS) is 21.5. The molecule has 0 saturated heterocycles. The highest BCUT2D eigenvalue weighted by molar-refractivity contribution is 7.89. The lowest BCUT2D eigenvalue weighted by Crippen LogP contribution is -2.47. The summed E-state index contributed by atoms with van der Waals surface area (Å²) in [5.41, 5.74) is 1.54. The first-order valence-corrected chi connectivity index (χ1v) is 8.48. The zero-order valence-electron chi connectivity index (χ0n) is 13.2. The van der Waals surface area contributed by atoms with Gasteiger partial charge in [-0.15, -0.1) is 0 Å². The number of rotatable bonds is 5. The smallest absolute Gasteiger partial charge is 0.306 e. The van der Waals surface area contributed by atoms with Gasteiger partial charge in [0.1, 0.15) is 10.6 Å². The number of aliphatic carboxylic acids is 1. The van der Waals surface area contributed by atoms with Crippen LogP contribution in [0.25, 0.3) is 0 Å². The van der Waals surface area contributed by atoms with Gasteiger partial charge in [0, 0.05) is 13.1 Å². The minimum atomic E-state index is -3.72. The molecule has 122 valence electrons. The second-order valence-electron chi connectivity index (χ2n) is 5.79. The third-order valence-corrected chi connectivity index (χ3v) is 6.31. The van der Waals surface area contributed by atoms with Crippen LogP contribution in [0, 0.1) is 19.8 Å². The zero-order valence-corrected chi connectivity index (χ0v) is 14.0. The van der Waals surface area contributed by atoms with Crippen LogP contribution >= 0.6 is 0 Å². The number of aryl methyl sites for hydroxylation is 2. The van der Waals surface area contributed by atoms with E-state index in [0.717, 1.165) is 5.56 Å². The fourth-order valence-electron chi connectivity index (χ4n) is 2.82. The maximum absolute atomic E-state index is 12.9. The first-order valence-electron chi connectivity index (χ1n) is 7.04. The molecule has 0 atom stereocenters. The van der Waals surface area contributed by atoms with Gasteiger partial charge in [-0.1, -0.05) is 6.07 Å². The molecule has 1 fully saturated rings. The number of hydrogen-bond donors (Lipinski definition) is 1. The monoisotopic (exact) mass is 327 g/mol. The van der Waals surface area contributed by atoms with Gasteiger partial charge in [-0.25, -0.2) is 8.42 Å². The summed E-state index contributed by atoms with van der Waals surface area (Å²) in [5.74, 6) is -1.01. The standard InChI is InChI=1S/C15H21NO5S/c1-9-5-10(2)14(13(6-9)21-4)22(19,20)16(3)12-7-11(8-12)15(17)18/h5-6,11-12H,7-8H2,1-4H3,(H,17,18). The fourth-order valence-corrected chi connectivity index (χ4v) is 4.54. The van der Waals surface area contributed by atoms with Crippen LogP contribution < -0.4 is 4.74 Å². The largest absolute Gasteiger partial charge is 0.495 e. The first-order chi connectivity index (χ1) is 10.2. The van der Waals surface area contributed by atoms with Gasteiger partial charge in [-0.2, -0.15) is 4.31 Å². The second kappa shape index (κ2) is 5.89. The first kappa shape index (κ1) is 16.8. The Morgan fingerprint density at radius 2 is 1.91 bits per heavy atom. The lowest BCUT2D eigenvalue weighted by atomic mass is 9.80. The summed E-state index contributed by atoms with van der Waals surface area (Å²) in [5, 5.41) is 8.92. The Kier molecular flexibility index (Phi) is 4.49. The van der Waals surface area contributed by atoms with E-state index < -0.39 is 21.9 Å². The summed E-state index contributed by atoms with van der Waals surface area (Å²) in [6.45, 7) is 3.61. The van der Waals surface area contributed by atoms with Gasteiger partial charge >= 0.3 is 5.97 Å². The minimum Gasteiger partial charge on any atom is -0.495 e. The Bertz CT molecular complexity index is 692. The van der Waals surface area contributed by atoms with Gasteiger partial charge in [0.05, 0.1) is 13.0 Å². The average molecular weight is 327 g/mol. The zero-order chi connectivity index (χ0) is 16.7. The Morgan fingerprint density at radius 3 is 2.41 bits per heavy atom. The van der Waals surface area contributed by atoms with Crippen molar-refractivity contribution in [3.05, 3.63) is 23.3 Å². The number of methoxy groups -OCH3 is 1. The molecule has 1 saturated carbocycles. The van der Waals surface area contributed by atoms with Crippen LogP contribution in [-0.2, 0) is 14.8 Å². The predicted molar refractivity (Wildman–Crippen MR) is 81.6 cm³/mol. The van der Waals surface area contributed by atoms with Crippen molar-refractivity contribution >= 4 is 16.0 Å². The van der Waals surface area contributed by atoms with Crippen molar-refractivity contribution in [1.82, 2.24) is 4.31 Å². The van der Waals surface area contributed by atoms with Crippen molar-refractivity contribution in [2.75, 3.05) is 14.2 Å². The third-order valence-electron chi connectivity index (χ3n) is 4.22. The van der Waals surface area contributed by atoms with E-state index in [9.17, 15) is 13.2 Å². The number of nitrogens with zero attached hydrogens (tertiary/aromatic N) is 1.